The molecule has 2 aromatic carbocycles. The standard InChI is InChI=1S/C18H11F3N2O6/c19-18(20,21)11-4-1-3-10(7-11)9-29-14(24)8-22-16(25)12-5-2-6-13(23(27)28)15(12)17(22)26/h1-7H,8-9H2. The molecule has 0 spiro atoms. The van der Waals surface area contributed by atoms with E-state index >= 15 is 0 Å². The van der Waals surface area contributed by atoms with Gasteiger partial charge in [-0.2, -0.15) is 13.2 Å². The fourth-order valence-corrected chi connectivity index (χ4v) is 2.79. The largest absolute Gasteiger partial charge is 0.459 e. The van der Waals surface area contributed by atoms with E-state index in [9.17, 15) is 37.7 Å². The lowest BCUT2D eigenvalue weighted by molar-refractivity contribution is -0.385. The van der Waals surface area contributed by atoms with Crippen LogP contribution in [0.4, 0.5) is 18.9 Å². The molecule has 0 bridgehead atoms. The summed E-state index contributed by atoms with van der Waals surface area (Å²) in [5, 5.41) is 11.1. The molecule has 0 radical (unpaired) electrons. The fraction of sp³-hybridized carbons (Fsp3) is 0.167. The Bertz CT molecular complexity index is 1030. The van der Waals surface area contributed by atoms with Gasteiger partial charge in [0.15, 0.2) is 0 Å². The van der Waals surface area contributed by atoms with Crippen molar-refractivity contribution in [2.24, 2.45) is 0 Å². The van der Waals surface area contributed by atoms with E-state index in [1.807, 2.05) is 0 Å². The summed E-state index contributed by atoms with van der Waals surface area (Å²) in [5.41, 5.74) is -2.06. The van der Waals surface area contributed by atoms with Crippen LogP contribution >= 0.6 is 0 Å². The SMILES string of the molecule is O=C(CN1C(=O)c2cccc([N+](=O)[O-])c2C1=O)OCc1cccc(C(F)(F)F)c1. The molecule has 2 amide bonds. The molecule has 150 valence electrons. The Labute approximate surface area is 160 Å². The summed E-state index contributed by atoms with van der Waals surface area (Å²) in [4.78, 5) is 47.4. The Balaban J connectivity index is 1.69. The molecular formula is C18H11F3N2O6. The number of alkyl halides is 3. The summed E-state index contributed by atoms with van der Waals surface area (Å²) in [7, 11) is 0. The topological polar surface area (TPSA) is 107 Å². The number of nitro benzene ring substituents is 1. The molecule has 0 saturated carbocycles. The summed E-state index contributed by atoms with van der Waals surface area (Å²) in [6, 6.07) is 7.63. The van der Waals surface area contributed by atoms with Crippen LogP contribution in [0.25, 0.3) is 0 Å². The van der Waals surface area contributed by atoms with Gasteiger partial charge in [0.2, 0.25) is 0 Å². The Hall–Kier alpha value is -3.76. The first-order chi connectivity index (χ1) is 13.6. The molecule has 3 rings (SSSR count). The van der Waals surface area contributed by atoms with E-state index in [-0.39, 0.29) is 11.1 Å². The second-order valence-electron chi connectivity index (χ2n) is 6.01. The molecule has 1 heterocycles. The summed E-state index contributed by atoms with van der Waals surface area (Å²) in [6.45, 7) is -1.34. The number of esters is 1. The van der Waals surface area contributed by atoms with Crippen LogP contribution in [0, 0.1) is 10.1 Å². The van der Waals surface area contributed by atoms with Crippen LogP contribution in [-0.2, 0) is 22.3 Å². The molecule has 2 aromatic rings. The van der Waals surface area contributed by atoms with Crippen LogP contribution < -0.4 is 0 Å². The lowest BCUT2D eigenvalue weighted by Gasteiger charge is -2.13. The smallest absolute Gasteiger partial charge is 0.416 e. The summed E-state index contributed by atoms with van der Waals surface area (Å²) in [5.74, 6) is -2.97. The van der Waals surface area contributed by atoms with Gasteiger partial charge in [-0.25, -0.2) is 0 Å². The average molecular weight is 408 g/mol. The first kappa shape index (κ1) is 20.0. The second-order valence-corrected chi connectivity index (χ2v) is 6.01. The number of carbonyl (C=O) groups excluding carboxylic acids is 3. The fourth-order valence-electron chi connectivity index (χ4n) is 2.79. The minimum Gasteiger partial charge on any atom is -0.459 e. The van der Waals surface area contributed by atoms with Crippen LogP contribution in [0.5, 0.6) is 0 Å². The quantitative estimate of drug-likeness (QED) is 0.326. The zero-order valence-corrected chi connectivity index (χ0v) is 14.4. The van der Waals surface area contributed by atoms with Gasteiger partial charge in [0, 0.05) is 6.07 Å². The number of benzene rings is 2. The lowest BCUT2D eigenvalue weighted by atomic mass is 10.1. The molecule has 0 aromatic heterocycles. The van der Waals surface area contributed by atoms with Gasteiger partial charge in [0.05, 0.1) is 16.1 Å². The van der Waals surface area contributed by atoms with E-state index in [0.717, 1.165) is 24.3 Å². The van der Waals surface area contributed by atoms with Gasteiger partial charge in [0.1, 0.15) is 18.7 Å². The van der Waals surface area contributed by atoms with Crippen molar-refractivity contribution >= 4 is 23.5 Å². The first-order valence-corrected chi connectivity index (χ1v) is 8.05. The molecule has 29 heavy (non-hydrogen) atoms. The first-order valence-electron chi connectivity index (χ1n) is 8.05. The third kappa shape index (κ3) is 3.93. The maximum atomic E-state index is 12.7. The molecule has 0 fully saturated rings. The highest BCUT2D eigenvalue weighted by atomic mass is 19.4. The third-order valence-corrected chi connectivity index (χ3v) is 4.12. The number of hydrogen-bond donors (Lipinski definition) is 0. The third-order valence-electron chi connectivity index (χ3n) is 4.12. The van der Waals surface area contributed by atoms with Crippen molar-refractivity contribution in [1.82, 2.24) is 4.90 Å². The highest BCUT2D eigenvalue weighted by Gasteiger charge is 2.42. The summed E-state index contributed by atoms with van der Waals surface area (Å²) in [6.07, 6.45) is -4.56. The number of hydrogen-bond acceptors (Lipinski definition) is 6. The molecule has 0 N–H and O–H groups in total. The molecule has 0 unspecified atom stereocenters. The predicted molar refractivity (Wildman–Crippen MR) is 89.7 cm³/mol. The Morgan fingerprint density at radius 1 is 1.10 bits per heavy atom. The van der Waals surface area contributed by atoms with E-state index in [1.54, 1.807) is 0 Å². The second kappa shape index (κ2) is 7.34. The molecule has 1 aliphatic rings. The Morgan fingerprint density at radius 3 is 2.45 bits per heavy atom. The van der Waals surface area contributed by atoms with E-state index in [2.05, 4.69) is 0 Å². The lowest BCUT2D eigenvalue weighted by Crippen LogP contribution is -2.35. The van der Waals surface area contributed by atoms with Crippen molar-refractivity contribution in [2.75, 3.05) is 6.54 Å². The van der Waals surface area contributed by atoms with Crippen molar-refractivity contribution in [1.29, 1.82) is 0 Å². The van der Waals surface area contributed by atoms with E-state index in [1.165, 1.54) is 18.2 Å². The maximum Gasteiger partial charge on any atom is 0.416 e. The number of carbonyl (C=O) groups is 3. The van der Waals surface area contributed by atoms with Gasteiger partial charge in [-0.1, -0.05) is 18.2 Å². The van der Waals surface area contributed by atoms with Crippen molar-refractivity contribution in [3.63, 3.8) is 0 Å². The molecule has 0 saturated heterocycles. The minimum absolute atomic E-state index is 0.0613. The normalized spacial score (nSPS) is 13.4. The Kier molecular flexibility index (Phi) is 5.06. The van der Waals surface area contributed by atoms with Crippen molar-refractivity contribution in [3.05, 3.63) is 74.8 Å². The number of rotatable bonds is 5. The van der Waals surface area contributed by atoms with Gasteiger partial charge >= 0.3 is 12.1 Å². The number of nitro groups is 1. The van der Waals surface area contributed by atoms with Crippen LogP contribution in [0.15, 0.2) is 42.5 Å². The molecular weight excluding hydrogens is 397 g/mol. The van der Waals surface area contributed by atoms with Crippen molar-refractivity contribution < 1.29 is 37.2 Å². The van der Waals surface area contributed by atoms with Crippen LogP contribution in [-0.4, -0.2) is 34.2 Å². The van der Waals surface area contributed by atoms with E-state index in [4.69, 9.17) is 4.74 Å². The predicted octanol–water partition coefficient (Wildman–Crippen LogP) is 2.95. The number of fused-ring (bicyclic) bond motifs is 1. The number of imide groups is 1. The number of halogens is 3. The van der Waals surface area contributed by atoms with Crippen molar-refractivity contribution in [3.8, 4) is 0 Å². The summed E-state index contributed by atoms with van der Waals surface area (Å²) >= 11 is 0. The van der Waals surface area contributed by atoms with Crippen molar-refractivity contribution in [2.45, 2.75) is 12.8 Å². The van der Waals surface area contributed by atoms with Gasteiger partial charge in [-0.3, -0.25) is 29.4 Å². The van der Waals surface area contributed by atoms with Gasteiger partial charge in [-0.05, 0) is 23.8 Å². The molecule has 8 nitrogen and oxygen atoms in total. The van der Waals surface area contributed by atoms with Gasteiger partial charge < -0.3 is 4.74 Å². The zero-order valence-electron chi connectivity index (χ0n) is 14.4. The highest BCUT2D eigenvalue weighted by Crippen LogP contribution is 2.31. The van der Waals surface area contributed by atoms with Gasteiger partial charge in [0.25, 0.3) is 17.5 Å². The van der Waals surface area contributed by atoms with E-state index in [0.29, 0.717) is 4.90 Å². The van der Waals surface area contributed by atoms with Gasteiger partial charge in [-0.15, -0.1) is 0 Å². The molecule has 0 atom stereocenters. The number of ether oxygens (including phenoxy) is 1. The monoisotopic (exact) mass is 408 g/mol. The average Bonchev–Trinajstić information content (AvgIpc) is 2.91. The zero-order chi connectivity index (χ0) is 21.3. The highest BCUT2D eigenvalue weighted by molar-refractivity contribution is 6.24. The Morgan fingerprint density at radius 2 is 1.79 bits per heavy atom. The van der Waals surface area contributed by atoms with Crippen LogP contribution in [0.1, 0.15) is 31.8 Å². The van der Waals surface area contributed by atoms with Crippen LogP contribution in [0.3, 0.4) is 0 Å². The number of amides is 2. The minimum atomic E-state index is -4.56. The van der Waals surface area contributed by atoms with Crippen LogP contribution in [0.2, 0.25) is 0 Å². The maximum absolute atomic E-state index is 12.7. The molecule has 0 aliphatic carbocycles. The molecule has 11 heteroatoms. The number of nitrogens with zero attached hydrogens (tertiary/aromatic N) is 2. The van der Waals surface area contributed by atoms with E-state index < -0.39 is 58.8 Å². The summed E-state index contributed by atoms with van der Waals surface area (Å²) < 4.78 is 43.0. The molecule has 1 aliphatic heterocycles.